The summed E-state index contributed by atoms with van der Waals surface area (Å²) in [4.78, 5) is 19.4. The molecule has 1 amide bonds. The molecule has 0 fully saturated rings. The van der Waals surface area contributed by atoms with Crippen LogP contribution < -0.4 is 10.0 Å². The van der Waals surface area contributed by atoms with E-state index < -0.39 is 10.0 Å². The molecule has 0 unspecified atom stereocenters. The van der Waals surface area contributed by atoms with E-state index in [4.69, 9.17) is 0 Å². The molecule has 0 aliphatic carbocycles. The lowest BCUT2D eigenvalue weighted by Crippen LogP contribution is -2.15. The van der Waals surface area contributed by atoms with Crippen molar-refractivity contribution in [3.05, 3.63) is 40.3 Å². The van der Waals surface area contributed by atoms with Gasteiger partial charge in [0.05, 0.1) is 16.3 Å². The number of anilines is 2. The first-order valence-corrected chi connectivity index (χ1v) is 8.88. The molecule has 122 valence electrons. The van der Waals surface area contributed by atoms with Gasteiger partial charge in [-0.2, -0.15) is 0 Å². The molecule has 0 radical (unpaired) electrons. The smallest absolute Gasteiger partial charge is 0.263 e. The number of aryl methyl sites for hydroxylation is 2. The molecule has 2 aromatic rings. The second-order valence-corrected chi connectivity index (χ2v) is 7.28. The third-order valence-corrected chi connectivity index (χ3v) is 4.89. The Labute approximate surface area is 142 Å². The van der Waals surface area contributed by atoms with Crippen LogP contribution >= 0.6 is 15.9 Å². The number of carbonyl (C=O) groups excluding carboxylic acids is 1. The molecule has 0 aliphatic rings. The summed E-state index contributed by atoms with van der Waals surface area (Å²) in [5.74, 6) is -0.105. The zero-order valence-corrected chi connectivity index (χ0v) is 15.1. The first kappa shape index (κ1) is 17.4. The van der Waals surface area contributed by atoms with Gasteiger partial charge in [-0.1, -0.05) is 0 Å². The Morgan fingerprint density at radius 3 is 2.22 bits per heavy atom. The number of nitrogens with zero attached hydrogens (tertiary/aromatic N) is 2. The van der Waals surface area contributed by atoms with Gasteiger partial charge in [0.15, 0.2) is 5.82 Å². The Hall–Kier alpha value is -2.00. The van der Waals surface area contributed by atoms with Crippen LogP contribution in [0.3, 0.4) is 0 Å². The van der Waals surface area contributed by atoms with Gasteiger partial charge in [-0.3, -0.25) is 9.52 Å². The second-order valence-electron chi connectivity index (χ2n) is 4.84. The Balaban J connectivity index is 2.28. The van der Waals surface area contributed by atoms with Crippen LogP contribution in [0.4, 0.5) is 11.5 Å². The fourth-order valence-corrected chi connectivity index (χ4v) is 3.34. The average molecular weight is 399 g/mol. The minimum absolute atomic E-state index is 0.0542. The van der Waals surface area contributed by atoms with E-state index >= 15 is 0 Å². The number of rotatable bonds is 4. The quantitative estimate of drug-likeness (QED) is 0.823. The minimum atomic E-state index is -3.81. The van der Waals surface area contributed by atoms with Crippen LogP contribution in [0.1, 0.15) is 18.3 Å². The number of amides is 1. The molecule has 1 aromatic carbocycles. The third kappa shape index (κ3) is 4.26. The van der Waals surface area contributed by atoms with Crippen molar-refractivity contribution in [1.82, 2.24) is 9.97 Å². The van der Waals surface area contributed by atoms with Gasteiger partial charge < -0.3 is 5.32 Å². The van der Waals surface area contributed by atoms with Crippen molar-refractivity contribution in [1.29, 1.82) is 0 Å². The highest BCUT2D eigenvalue weighted by Gasteiger charge is 2.18. The summed E-state index contributed by atoms with van der Waals surface area (Å²) in [6.45, 7) is 4.91. The molecule has 0 bridgehead atoms. The van der Waals surface area contributed by atoms with Crippen LogP contribution in [0.2, 0.25) is 0 Å². The molecule has 0 aliphatic heterocycles. The van der Waals surface area contributed by atoms with Gasteiger partial charge >= 0.3 is 0 Å². The Bertz CT molecular complexity index is 851. The standard InChI is InChI=1S/C14H15BrN4O3S/c1-8-9(2)17-14(13(15)16-8)19-23(21,22)12-6-4-11(5-7-12)18-10(3)20/h4-7H,1-3H3,(H,17,19)(H,18,20). The van der Waals surface area contributed by atoms with Crippen molar-refractivity contribution >= 4 is 43.4 Å². The molecule has 7 nitrogen and oxygen atoms in total. The summed E-state index contributed by atoms with van der Waals surface area (Å²) in [5.41, 5.74) is 1.86. The highest BCUT2D eigenvalue weighted by molar-refractivity contribution is 9.10. The van der Waals surface area contributed by atoms with Crippen LogP contribution in [0.15, 0.2) is 33.8 Å². The summed E-state index contributed by atoms with van der Waals surface area (Å²) in [5, 5.41) is 2.57. The number of halogens is 1. The predicted molar refractivity (Wildman–Crippen MR) is 90.8 cm³/mol. The van der Waals surface area contributed by atoms with Gasteiger partial charge in [0.2, 0.25) is 5.91 Å². The Morgan fingerprint density at radius 1 is 1.09 bits per heavy atom. The van der Waals surface area contributed by atoms with Crippen molar-refractivity contribution in [2.24, 2.45) is 0 Å². The number of aromatic nitrogens is 2. The molecular formula is C14H15BrN4O3S. The van der Waals surface area contributed by atoms with Crippen molar-refractivity contribution in [3.8, 4) is 0 Å². The van der Waals surface area contributed by atoms with E-state index in [1.165, 1.54) is 31.2 Å². The van der Waals surface area contributed by atoms with E-state index in [9.17, 15) is 13.2 Å². The average Bonchev–Trinajstić information content (AvgIpc) is 2.44. The SMILES string of the molecule is CC(=O)Nc1ccc(S(=O)(=O)Nc2nc(C)c(C)nc2Br)cc1. The molecule has 23 heavy (non-hydrogen) atoms. The first-order chi connectivity index (χ1) is 10.7. The van der Waals surface area contributed by atoms with Gasteiger partial charge in [-0.05, 0) is 54.0 Å². The van der Waals surface area contributed by atoms with E-state index in [1.807, 2.05) is 0 Å². The van der Waals surface area contributed by atoms with Crippen LogP contribution in [0.25, 0.3) is 0 Å². The van der Waals surface area contributed by atoms with Crippen molar-refractivity contribution in [2.75, 3.05) is 10.0 Å². The molecule has 1 heterocycles. The summed E-state index contributed by atoms with van der Waals surface area (Å²) in [6.07, 6.45) is 0. The number of hydrogen-bond acceptors (Lipinski definition) is 5. The summed E-state index contributed by atoms with van der Waals surface area (Å²) in [6, 6.07) is 5.82. The number of benzene rings is 1. The van der Waals surface area contributed by atoms with Crippen molar-refractivity contribution in [2.45, 2.75) is 25.7 Å². The molecule has 0 saturated heterocycles. The van der Waals surface area contributed by atoms with Gasteiger partial charge in [0.25, 0.3) is 10.0 Å². The van der Waals surface area contributed by atoms with Gasteiger partial charge in [-0.15, -0.1) is 0 Å². The van der Waals surface area contributed by atoms with Gasteiger partial charge in [-0.25, -0.2) is 18.4 Å². The maximum atomic E-state index is 12.4. The second kappa shape index (κ2) is 6.63. The molecule has 0 atom stereocenters. The molecule has 1 aromatic heterocycles. The number of hydrogen-bond donors (Lipinski definition) is 2. The number of nitrogens with one attached hydrogen (secondary N) is 2. The van der Waals surface area contributed by atoms with Crippen molar-refractivity contribution < 1.29 is 13.2 Å². The first-order valence-electron chi connectivity index (χ1n) is 6.60. The fraction of sp³-hybridized carbons (Fsp3) is 0.214. The van der Waals surface area contributed by atoms with Crippen molar-refractivity contribution in [3.63, 3.8) is 0 Å². The van der Waals surface area contributed by atoms with Crippen LogP contribution in [0, 0.1) is 13.8 Å². The number of sulfonamides is 1. The highest BCUT2D eigenvalue weighted by atomic mass is 79.9. The monoisotopic (exact) mass is 398 g/mol. The minimum Gasteiger partial charge on any atom is -0.326 e. The topological polar surface area (TPSA) is 101 Å². The predicted octanol–water partition coefficient (Wildman–Crippen LogP) is 2.62. The Morgan fingerprint density at radius 2 is 1.65 bits per heavy atom. The van der Waals surface area contributed by atoms with E-state index in [0.29, 0.717) is 21.7 Å². The lowest BCUT2D eigenvalue weighted by atomic mass is 10.3. The summed E-state index contributed by atoms with van der Waals surface area (Å²) >= 11 is 3.20. The maximum absolute atomic E-state index is 12.4. The normalized spacial score (nSPS) is 11.1. The fourth-order valence-electron chi connectivity index (χ4n) is 1.75. The zero-order chi connectivity index (χ0) is 17.2. The molecular weight excluding hydrogens is 384 g/mol. The van der Waals surface area contributed by atoms with E-state index in [2.05, 4.69) is 35.9 Å². The van der Waals surface area contributed by atoms with Crippen LogP contribution in [-0.2, 0) is 14.8 Å². The molecule has 9 heteroatoms. The van der Waals surface area contributed by atoms with Gasteiger partial charge in [0.1, 0.15) is 4.60 Å². The van der Waals surface area contributed by atoms with Crippen LogP contribution in [0.5, 0.6) is 0 Å². The molecule has 2 N–H and O–H groups in total. The van der Waals surface area contributed by atoms with E-state index in [1.54, 1.807) is 13.8 Å². The summed E-state index contributed by atoms with van der Waals surface area (Å²) in [7, 11) is -3.81. The van der Waals surface area contributed by atoms with E-state index in [0.717, 1.165) is 0 Å². The maximum Gasteiger partial charge on any atom is 0.263 e. The molecule has 0 spiro atoms. The Kier molecular flexibility index (Phi) is 5.00. The lowest BCUT2D eigenvalue weighted by molar-refractivity contribution is -0.114. The molecule has 0 saturated carbocycles. The van der Waals surface area contributed by atoms with Gasteiger partial charge in [0, 0.05) is 12.6 Å². The van der Waals surface area contributed by atoms with E-state index in [-0.39, 0.29) is 16.6 Å². The third-order valence-electron chi connectivity index (χ3n) is 2.98. The van der Waals surface area contributed by atoms with Crippen LogP contribution in [-0.4, -0.2) is 24.3 Å². The highest BCUT2D eigenvalue weighted by Crippen LogP contribution is 2.23. The largest absolute Gasteiger partial charge is 0.326 e. The number of carbonyl (C=O) groups is 1. The lowest BCUT2D eigenvalue weighted by Gasteiger charge is -2.11. The molecule has 2 rings (SSSR count). The summed E-state index contributed by atoms with van der Waals surface area (Å²) < 4.78 is 27.5. The zero-order valence-electron chi connectivity index (χ0n) is 12.7.